The lowest BCUT2D eigenvalue weighted by Crippen LogP contribution is -2.29. The molecule has 0 radical (unpaired) electrons. The average molecular weight is 288 g/mol. The third kappa shape index (κ3) is 5.25. The Balaban J connectivity index is 2.52. The van der Waals surface area contributed by atoms with Crippen LogP contribution >= 0.6 is 11.8 Å². The van der Waals surface area contributed by atoms with E-state index in [0.29, 0.717) is 0 Å². The number of primary amides is 1. The van der Waals surface area contributed by atoms with Gasteiger partial charge in [-0.2, -0.15) is 0 Å². The summed E-state index contributed by atoms with van der Waals surface area (Å²) in [5.74, 6) is -2.13. The Morgan fingerprint density at radius 2 is 2.05 bits per heavy atom. The van der Waals surface area contributed by atoms with E-state index in [1.807, 2.05) is 0 Å². The molecule has 7 heteroatoms. The van der Waals surface area contributed by atoms with Crippen molar-refractivity contribution in [2.45, 2.75) is 13.0 Å². The van der Waals surface area contributed by atoms with Gasteiger partial charge in [0.2, 0.25) is 11.8 Å². The van der Waals surface area contributed by atoms with E-state index >= 15 is 0 Å². The molecule has 3 N–H and O–H groups in total. The van der Waals surface area contributed by atoms with Gasteiger partial charge < -0.3 is 11.1 Å². The molecule has 1 atom stereocenters. The maximum Gasteiger partial charge on any atom is 0.230 e. The Morgan fingerprint density at radius 1 is 1.37 bits per heavy atom. The Bertz CT molecular complexity index is 483. The molecule has 0 saturated carbocycles. The standard InChI is InChI=1S/C12H14F2N2O2S/c1-7(9-3-2-8(13)4-10(9)14)16-12(18)6-19-5-11(15)17/h2-4,7H,5-6H2,1H3,(H2,15,17)(H,16,18)/t7-/m0/s1. The van der Waals surface area contributed by atoms with E-state index < -0.39 is 23.6 Å². The van der Waals surface area contributed by atoms with Crippen LogP contribution in [0.3, 0.4) is 0 Å². The predicted octanol–water partition coefficient (Wildman–Crippen LogP) is 1.36. The molecule has 104 valence electrons. The van der Waals surface area contributed by atoms with Crippen molar-refractivity contribution in [2.75, 3.05) is 11.5 Å². The summed E-state index contributed by atoms with van der Waals surface area (Å²) in [6, 6.07) is 2.59. The molecular weight excluding hydrogens is 274 g/mol. The van der Waals surface area contributed by atoms with Gasteiger partial charge in [0.25, 0.3) is 0 Å². The highest BCUT2D eigenvalue weighted by Crippen LogP contribution is 2.17. The Morgan fingerprint density at radius 3 is 2.63 bits per heavy atom. The fourth-order valence-corrected chi connectivity index (χ4v) is 2.03. The second-order valence-electron chi connectivity index (χ2n) is 3.91. The summed E-state index contributed by atoms with van der Waals surface area (Å²) in [5.41, 5.74) is 5.13. The average Bonchev–Trinajstić information content (AvgIpc) is 2.27. The SMILES string of the molecule is C[C@H](NC(=O)CSCC(N)=O)c1ccc(F)cc1F. The Labute approximate surface area is 113 Å². The second kappa shape index (κ2) is 7.08. The molecule has 0 saturated heterocycles. The van der Waals surface area contributed by atoms with Gasteiger partial charge in [-0.05, 0) is 13.0 Å². The molecule has 1 aromatic rings. The van der Waals surface area contributed by atoms with Gasteiger partial charge in [-0.3, -0.25) is 9.59 Å². The van der Waals surface area contributed by atoms with E-state index in [2.05, 4.69) is 5.32 Å². The molecule has 19 heavy (non-hydrogen) atoms. The summed E-state index contributed by atoms with van der Waals surface area (Å²) in [7, 11) is 0. The fourth-order valence-electron chi connectivity index (χ4n) is 1.46. The van der Waals surface area contributed by atoms with Crippen molar-refractivity contribution in [1.29, 1.82) is 0 Å². The minimum Gasteiger partial charge on any atom is -0.369 e. The van der Waals surface area contributed by atoms with Gasteiger partial charge in [-0.25, -0.2) is 8.78 Å². The normalized spacial score (nSPS) is 11.9. The number of hydrogen-bond acceptors (Lipinski definition) is 3. The van der Waals surface area contributed by atoms with E-state index in [1.165, 1.54) is 6.07 Å². The first kappa shape index (κ1) is 15.4. The predicted molar refractivity (Wildman–Crippen MR) is 69.4 cm³/mol. The van der Waals surface area contributed by atoms with Crippen molar-refractivity contribution >= 4 is 23.6 Å². The van der Waals surface area contributed by atoms with Crippen LogP contribution in [-0.4, -0.2) is 23.3 Å². The highest BCUT2D eigenvalue weighted by molar-refractivity contribution is 8.00. The number of thioether (sulfide) groups is 1. The largest absolute Gasteiger partial charge is 0.369 e. The number of halogens is 2. The monoisotopic (exact) mass is 288 g/mol. The lowest BCUT2D eigenvalue weighted by Gasteiger charge is -2.14. The molecule has 2 amide bonds. The highest BCUT2D eigenvalue weighted by Gasteiger charge is 2.14. The van der Waals surface area contributed by atoms with E-state index in [9.17, 15) is 18.4 Å². The van der Waals surface area contributed by atoms with E-state index in [1.54, 1.807) is 6.92 Å². The maximum atomic E-state index is 13.5. The summed E-state index contributed by atoms with van der Waals surface area (Å²) in [5, 5.41) is 2.56. The van der Waals surface area contributed by atoms with Gasteiger partial charge >= 0.3 is 0 Å². The molecule has 0 fully saturated rings. The zero-order valence-electron chi connectivity index (χ0n) is 10.3. The van der Waals surface area contributed by atoms with E-state index in [4.69, 9.17) is 5.73 Å². The van der Waals surface area contributed by atoms with Gasteiger partial charge in [0.1, 0.15) is 11.6 Å². The summed E-state index contributed by atoms with van der Waals surface area (Å²) in [6.07, 6.45) is 0. The number of carbonyl (C=O) groups excluding carboxylic acids is 2. The lowest BCUT2D eigenvalue weighted by molar-refractivity contribution is -0.119. The van der Waals surface area contributed by atoms with Crippen molar-refractivity contribution in [3.05, 3.63) is 35.4 Å². The number of nitrogens with two attached hydrogens (primary N) is 1. The van der Waals surface area contributed by atoms with E-state index in [0.717, 1.165) is 23.9 Å². The van der Waals surface area contributed by atoms with Crippen molar-refractivity contribution < 1.29 is 18.4 Å². The fraction of sp³-hybridized carbons (Fsp3) is 0.333. The van der Waals surface area contributed by atoms with Crippen LogP contribution in [-0.2, 0) is 9.59 Å². The molecule has 0 aliphatic heterocycles. The number of carbonyl (C=O) groups is 2. The minimum absolute atomic E-state index is 0.0483. The van der Waals surface area contributed by atoms with Gasteiger partial charge in [0.05, 0.1) is 17.5 Å². The molecule has 0 heterocycles. The number of rotatable bonds is 6. The number of hydrogen-bond donors (Lipinski definition) is 2. The van der Waals surface area contributed by atoms with Crippen LogP contribution in [0.1, 0.15) is 18.5 Å². The zero-order valence-corrected chi connectivity index (χ0v) is 11.1. The van der Waals surface area contributed by atoms with Gasteiger partial charge in [0.15, 0.2) is 0 Å². The van der Waals surface area contributed by atoms with Crippen LogP contribution in [0.4, 0.5) is 8.78 Å². The quantitative estimate of drug-likeness (QED) is 0.830. The van der Waals surface area contributed by atoms with Crippen LogP contribution in [0.2, 0.25) is 0 Å². The topological polar surface area (TPSA) is 72.2 Å². The van der Waals surface area contributed by atoms with Crippen LogP contribution in [0, 0.1) is 11.6 Å². The first-order valence-electron chi connectivity index (χ1n) is 5.50. The summed E-state index contributed by atoms with van der Waals surface area (Å²) in [4.78, 5) is 22.0. The summed E-state index contributed by atoms with van der Waals surface area (Å²) >= 11 is 1.07. The van der Waals surface area contributed by atoms with Crippen molar-refractivity contribution in [3.63, 3.8) is 0 Å². The van der Waals surface area contributed by atoms with Crippen LogP contribution < -0.4 is 11.1 Å². The summed E-state index contributed by atoms with van der Waals surface area (Å²) in [6.45, 7) is 1.59. The maximum absolute atomic E-state index is 13.5. The second-order valence-corrected chi connectivity index (χ2v) is 4.90. The minimum atomic E-state index is -0.711. The van der Waals surface area contributed by atoms with Gasteiger partial charge in [0, 0.05) is 11.6 Å². The lowest BCUT2D eigenvalue weighted by atomic mass is 10.1. The third-order valence-corrected chi connectivity index (χ3v) is 3.24. The van der Waals surface area contributed by atoms with Gasteiger partial charge in [-0.15, -0.1) is 11.8 Å². The molecule has 0 aliphatic rings. The molecule has 0 spiro atoms. The van der Waals surface area contributed by atoms with Gasteiger partial charge in [-0.1, -0.05) is 6.07 Å². The third-order valence-electron chi connectivity index (χ3n) is 2.28. The summed E-state index contributed by atoms with van der Waals surface area (Å²) < 4.78 is 26.2. The highest BCUT2D eigenvalue weighted by atomic mass is 32.2. The van der Waals surface area contributed by atoms with Crippen LogP contribution in [0.5, 0.6) is 0 Å². The number of benzene rings is 1. The zero-order chi connectivity index (χ0) is 14.4. The van der Waals surface area contributed by atoms with Crippen molar-refractivity contribution in [1.82, 2.24) is 5.32 Å². The first-order chi connectivity index (χ1) is 8.90. The van der Waals surface area contributed by atoms with Crippen LogP contribution in [0.25, 0.3) is 0 Å². The molecule has 1 rings (SSSR count). The molecule has 0 unspecified atom stereocenters. The molecule has 0 bridgehead atoms. The molecule has 0 aromatic heterocycles. The number of nitrogens with one attached hydrogen (secondary N) is 1. The molecule has 1 aromatic carbocycles. The van der Waals surface area contributed by atoms with Crippen molar-refractivity contribution in [2.24, 2.45) is 5.73 Å². The first-order valence-corrected chi connectivity index (χ1v) is 6.66. The smallest absolute Gasteiger partial charge is 0.230 e. The van der Waals surface area contributed by atoms with E-state index in [-0.39, 0.29) is 23.0 Å². The Hall–Kier alpha value is -1.63. The molecule has 0 aliphatic carbocycles. The van der Waals surface area contributed by atoms with Crippen molar-refractivity contribution in [3.8, 4) is 0 Å². The molecule has 4 nitrogen and oxygen atoms in total. The van der Waals surface area contributed by atoms with Crippen LogP contribution in [0.15, 0.2) is 18.2 Å². The Kier molecular flexibility index (Phi) is 5.75. The number of amides is 2. The molecular formula is C12H14F2N2O2S.